The summed E-state index contributed by atoms with van der Waals surface area (Å²) in [6.45, 7) is 2.70. The molecule has 12 heteroatoms. The van der Waals surface area contributed by atoms with Gasteiger partial charge in [-0.1, -0.05) is 30.7 Å². The van der Waals surface area contributed by atoms with Gasteiger partial charge in [0.15, 0.2) is 11.9 Å². The van der Waals surface area contributed by atoms with E-state index in [-0.39, 0.29) is 24.3 Å². The summed E-state index contributed by atoms with van der Waals surface area (Å²) in [5.74, 6) is 1.30. The van der Waals surface area contributed by atoms with Gasteiger partial charge in [-0.3, -0.25) is 19.4 Å². The van der Waals surface area contributed by atoms with Crippen LogP contribution in [0.3, 0.4) is 0 Å². The fourth-order valence-corrected chi connectivity index (χ4v) is 4.86. The topological polar surface area (TPSA) is 129 Å². The lowest BCUT2D eigenvalue weighted by Crippen LogP contribution is -2.65. The molecular formula is C29H30ClN7O4. The van der Waals surface area contributed by atoms with Crippen LogP contribution in [0.5, 0.6) is 5.75 Å². The minimum atomic E-state index is -0.687. The number of urea groups is 1. The van der Waals surface area contributed by atoms with Crippen LogP contribution in [-0.4, -0.2) is 82.3 Å². The van der Waals surface area contributed by atoms with Crippen molar-refractivity contribution in [2.75, 3.05) is 32.1 Å². The van der Waals surface area contributed by atoms with Gasteiger partial charge in [-0.05, 0) is 54.8 Å². The molecule has 5 rings (SSSR count). The number of fused-ring (bicyclic) bond motifs is 1. The van der Waals surface area contributed by atoms with Gasteiger partial charge in [-0.15, -0.1) is 0 Å². The number of aromatic nitrogens is 2. The predicted octanol–water partition coefficient (Wildman–Crippen LogP) is 3.39. The number of halogens is 1. The van der Waals surface area contributed by atoms with Crippen LogP contribution < -0.4 is 15.4 Å². The lowest BCUT2D eigenvalue weighted by Gasteiger charge is -2.40. The fraction of sp³-hybridized carbons (Fsp3) is 0.310. The zero-order chi connectivity index (χ0) is 28.9. The number of hydrogen-bond donors (Lipinski definition) is 2. The Morgan fingerprint density at radius 3 is 2.51 bits per heavy atom. The predicted molar refractivity (Wildman–Crippen MR) is 154 cm³/mol. The van der Waals surface area contributed by atoms with Crippen LogP contribution in [0, 0.1) is 0 Å². The monoisotopic (exact) mass is 575 g/mol. The van der Waals surface area contributed by atoms with Crippen molar-refractivity contribution in [3.63, 3.8) is 0 Å². The normalized spacial score (nSPS) is 18.1. The number of nitrogens with one attached hydrogen (secondary N) is 2. The minimum Gasteiger partial charge on any atom is -0.497 e. The maximum absolute atomic E-state index is 13.4. The largest absolute Gasteiger partial charge is 0.497 e. The highest BCUT2D eigenvalue weighted by atomic mass is 35.5. The summed E-state index contributed by atoms with van der Waals surface area (Å²) in [4.78, 5) is 55.1. The quantitative estimate of drug-likeness (QED) is 0.263. The second kappa shape index (κ2) is 12.3. The molecule has 0 saturated carbocycles. The summed E-state index contributed by atoms with van der Waals surface area (Å²) in [6.07, 6.45) is 3.63. The van der Waals surface area contributed by atoms with Crippen LogP contribution in [0.2, 0.25) is 5.15 Å². The smallest absolute Gasteiger partial charge is 0.328 e. The summed E-state index contributed by atoms with van der Waals surface area (Å²) in [6, 6.07) is 13.4. The molecule has 3 amide bonds. The van der Waals surface area contributed by atoms with Crippen molar-refractivity contribution in [2.45, 2.75) is 32.0 Å². The molecule has 2 N–H and O–H groups in total. The third-order valence-electron chi connectivity index (χ3n) is 6.94. The number of nitrogens with zero attached hydrogens (tertiary/aromatic N) is 5. The average Bonchev–Trinajstić information content (AvgIpc) is 3.44. The van der Waals surface area contributed by atoms with Crippen molar-refractivity contribution in [2.24, 2.45) is 4.99 Å². The summed E-state index contributed by atoms with van der Waals surface area (Å²) >= 11 is 5.79. The Morgan fingerprint density at radius 1 is 1.05 bits per heavy atom. The average molecular weight is 576 g/mol. The molecule has 0 spiro atoms. The van der Waals surface area contributed by atoms with Gasteiger partial charge in [0.2, 0.25) is 0 Å². The molecule has 41 heavy (non-hydrogen) atoms. The van der Waals surface area contributed by atoms with Crippen molar-refractivity contribution in [3.8, 4) is 5.75 Å². The number of amides is 3. The van der Waals surface area contributed by atoms with E-state index in [0.29, 0.717) is 53.9 Å². The second-order valence-electron chi connectivity index (χ2n) is 9.66. The van der Waals surface area contributed by atoms with E-state index in [9.17, 15) is 14.4 Å². The van der Waals surface area contributed by atoms with E-state index in [1.165, 1.54) is 11.1 Å². The van der Waals surface area contributed by atoms with Gasteiger partial charge in [0, 0.05) is 36.6 Å². The second-order valence-corrected chi connectivity index (χ2v) is 10.0. The van der Waals surface area contributed by atoms with Crippen LogP contribution in [0.15, 0.2) is 65.9 Å². The molecule has 0 radical (unpaired) electrons. The highest BCUT2D eigenvalue weighted by Gasteiger charge is 2.49. The first-order valence-electron chi connectivity index (χ1n) is 13.3. The Morgan fingerprint density at radius 2 is 1.85 bits per heavy atom. The van der Waals surface area contributed by atoms with E-state index in [0.717, 1.165) is 11.3 Å². The number of carbonyl (C=O) groups is 3. The number of imide groups is 1. The number of ether oxygens (including phenoxy) is 1. The molecule has 2 unspecified atom stereocenters. The molecule has 2 atom stereocenters. The Kier molecular flexibility index (Phi) is 8.44. The molecule has 1 saturated heterocycles. The van der Waals surface area contributed by atoms with Gasteiger partial charge in [-0.2, -0.15) is 0 Å². The number of carbonyl (C=O) groups excluding carboxylic acids is 3. The Labute approximate surface area is 242 Å². The number of hydrogen-bond acceptors (Lipinski definition) is 9. The molecule has 212 valence electrons. The van der Waals surface area contributed by atoms with Crippen LogP contribution in [0.25, 0.3) is 0 Å². The number of aliphatic imine (C=N–C) groups is 1. The maximum atomic E-state index is 13.4. The Bertz CT molecular complexity index is 1450. The molecule has 3 aromatic rings. The van der Waals surface area contributed by atoms with E-state index >= 15 is 0 Å². The molecule has 11 nitrogen and oxygen atoms in total. The molecule has 0 bridgehead atoms. The van der Waals surface area contributed by atoms with Crippen LogP contribution in [-0.2, 0) is 11.2 Å². The number of methoxy groups -OCH3 is 1. The first-order valence-corrected chi connectivity index (χ1v) is 13.7. The molecule has 1 aromatic carbocycles. The zero-order valence-corrected chi connectivity index (χ0v) is 23.5. The van der Waals surface area contributed by atoms with Crippen molar-refractivity contribution in [3.05, 3.63) is 82.8 Å². The minimum absolute atomic E-state index is 0.0338. The van der Waals surface area contributed by atoms with Gasteiger partial charge in [0.25, 0.3) is 5.91 Å². The van der Waals surface area contributed by atoms with Crippen LogP contribution in [0.4, 0.5) is 10.6 Å². The van der Waals surface area contributed by atoms with Gasteiger partial charge < -0.3 is 15.4 Å². The summed E-state index contributed by atoms with van der Waals surface area (Å²) in [7, 11) is 1.62. The van der Waals surface area contributed by atoms with Crippen molar-refractivity contribution < 1.29 is 19.1 Å². The van der Waals surface area contributed by atoms with Crippen molar-refractivity contribution in [1.82, 2.24) is 25.1 Å². The van der Waals surface area contributed by atoms with E-state index in [1.807, 2.05) is 31.2 Å². The molecule has 1 fully saturated rings. The third-order valence-corrected chi connectivity index (χ3v) is 7.17. The van der Waals surface area contributed by atoms with Gasteiger partial charge in [-0.25, -0.2) is 19.8 Å². The Balaban J connectivity index is 1.29. The molecule has 2 aliphatic heterocycles. The maximum Gasteiger partial charge on any atom is 0.328 e. The first-order chi connectivity index (χ1) is 19.9. The van der Waals surface area contributed by atoms with Crippen LogP contribution in [0.1, 0.15) is 34.8 Å². The number of rotatable bonds is 11. The Hall–Kier alpha value is -4.51. The number of anilines is 1. The molecule has 2 aliphatic rings. The zero-order valence-electron chi connectivity index (χ0n) is 22.7. The highest BCUT2D eigenvalue weighted by Crippen LogP contribution is 2.25. The highest BCUT2D eigenvalue weighted by molar-refractivity contribution is 6.29. The van der Waals surface area contributed by atoms with E-state index in [1.54, 1.807) is 42.5 Å². The molecule has 2 aromatic heterocycles. The van der Waals surface area contributed by atoms with E-state index in [4.69, 9.17) is 21.3 Å². The van der Waals surface area contributed by atoms with Gasteiger partial charge in [0.05, 0.1) is 13.7 Å². The van der Waals surface area contributed by atoms with Gasteiger partial charge >= 0.3 is 6.03 Å². The fourth-order valence-electron chi connectivity index (χ4n) is 4.74. The SMILES string of the molecule is CCCN1C(=O)C2NC(c3ccc(NCC(=O)c4ccc(Cl)nc4)nc3)=NC2N(CCc2ccc(OC)cc2)C1=O. The lowest BCUT2D eigenvalue weighted by molar-refractivity contribution is -0.134. The van der Waals surface area contributed by atoms with E-state index in [2.05, 4.69) is 20.6 Å². The molecule has 0 aliphatic carbocycles. The molecular weight excluding hydrogens is 546 g/mol. The number of ketones is 1. The van der Waals surface area contributed by atoms with Crippen molar-refractivity contribution in [1.29, 1.82) is 0 Å². The summed E-state index contributed by atoms with van der Waals surface area (Å²) in [5.41, 5.74) is 2.15. The van der Waals surface area contributed by atoms with Gasteiger partial charge in [0.1, 0.15) is 28.6 Å². The number of pyridine rings is 2. The first kappa shape index (κ1) is 28.0. The lowest BCUT2D eigenvalue weighted by atomic mass is 10.1. The number of benzene rings is 1. The molecule has 4 heterocycles. The number of amidine groups is 1. The van der Waals surface area contributed by atoms with Crippen LogP contribution >= 0.6 is 11.6 Å². The third kappa shape index (κ3) is 6.14. The standard InChI is InChI=1S/C29H30ClN7O4/c1-3-13-37-28(39)25-27(36(29(37)40)14-12-18-4-8-21(41-2)9-5-18)35-26(34-25)20-7-11-24(32-16-20)33-17-22(38)19-6-10-23(30)31-15-19/h4-11,15-16,25,27H,3,12-14,17H2,1-2H3,(H,32,33)(H,34,35). The van der Waals surface area contributed by atoms with Crippen molar-refractivity contribution >= 4 is 41.0 Å². The summed E-state index contributed by atoms with van der Waals surface area (Å²) in [5, 5.41) is 6.54. The summed E-state index contributed by atoms with van der Waals surface area (Å²) < 4.78 is 5.23. The number of Topliss-reactive ketones (excluding diaryl/α,β-unsaturated/α-hetero) is 1. The van der Waals surface area contributed by atoms with E-state index < -0.39 is 12.2 Å².